The summed E-state index contributed by atoms with van der Waals surface area (Å²) in [5, 5.41) is 0.386. The Bertz CT molecular complexity index is 1440. The van der Waals surface area contributed by atoms with Gasteiger partial charge in [0, 0.05) is 42.9 Å². The number of rotatable bonds is 8. The summed E-state index contributed by atoms with van der Waals surface area (Å²) in [5.41, 5.74) is 3.31. The molecule has 2 saturated heterocycles. The molecule has 7 nitrogen and oxygen atoms in total. The molecule has 1 aromatic carbocycles. The molecule has 3 aromatic heterocycles. The monoisotopic (exact) mass is 599 g/mol. The van der Waals surface area contributed by atoms with E-state index in [0.29, 0.717) is 22.9 Å². The van der Waals surface area contributed by atoms with E-state index in [4.69, 9.17) is 26.1 Å². The number of hydrogen-bond acceptors (Lipinski definition) is 6. The number of halogens is 3. The quantitative estimate of drug-likeness (QED) is 0.238. The van der Waals surface area contributed by atoms with E-state index in [2.05, 4.69) is 35.4 Å². The average molecular weight is 601 g/mol. The minimum Gasteiger partial charge on any atom is -0.474 e. The molecular formula is C28H28BrClFN5O2. The first-order valence-corrected chi connectivity index (χ1v) is 14.1. The van der Waals surface area contributed by atoms with E-state index in [9.17, 15) is 4.39 Å². The van der Waals surface area contributed by atoms with Crippen LogP contribution >= 0.6 is 27.5 Å². The van der Waals surface area contributed by atoms with Gasteiger partial charge < -0.3 is 14.0 Å². The summed E-state index contributed by atoms with van der Waals surface area (Å²) in [6, 6.07) is 12.4. The van der Waals surface area contributed by atoms with Crippen molar-refractivity contribution in [2.45, 2.75) is 51.0 Å². The highest BCUT2D eigenvalue weighted by atomic mass is 79.9. The van der Waals surface area contributed by atoms with Crippen LogP contribution in [0.5, 0.6) is 5.88 Å². The van der Waals surface area contributed by atoms with Gasteiger partial charge in [-0.15, -0.1) is 0 Å². The van der Waals surface area contributed by atoms with Crippen LogP contribution in [0.15, 0.2) is 53.3 Å². The number of imidazole rings is 1. The van der Waals surface area contributed by atoms with Gasteiger partial charge in [-0.3, -0.25) is 4.90 Å². The minimum atomic E-state index is -0.323. The third-order valence-electron chi connectivity index (χ3n) is 7.21. The summed E-state index contributed by atoms with van der Waals surface area (Å²) in [6.07, 6.45) is 5.48. The Kier molecular flexibility index (Phi) is 7.61. The number of fused-ring (bicyclic) bond motifs is 1. The summed E-state index contributed by atoms with van der Waals surface area (Å²) >= 11 is 9.34. The number of benzene rings is 1. The number of likely N-dealkylation sites (tertiary alicyclic amines) is 1. The number of piperidine rings is 1. The zero-order valence-electron chi connectivity index (χ0n) is 20.8. The predicted molar refractivity (Wildman–Crippen MR) is 147 cm³/mol. The largest absolute Gasteiger partial charge is 0.474 e. The molecule has 0 saturated carbocycles. The fourth-order valence-corrected chi connectivity index (χ4v) is 5.52. The van der Waals surface area contributed by atoms with Crippen LogP contribution in [0, 0.1) is 5.82 Å². The van der Waals surface area contributed by atoms with Crippen LogP contribution < -0.4 is 4.74 Å². The number of hydrogen-bond donors (Lipinski definition) is 0. The molecule has 0 spiro atoms. The standard InChI is InChI=1S/C28H28BrClFN5O2/c29-26-14-24-25(15-32-26)36(16-22-8-11-37-22)27(34-24)17-35-9-6-21(7-10-35)38-28-3-1-2-20(33-28)12-18-4-5-19(30)13-23(18)31/h1-5,13-15,21-22H,6-12,16-17H2/t22-/m0/s1. The Balaban J connectivity index is 1.07. The van der Waals surface area contributed by atoms with E-state index in [1.165, 1.54) is 6.07 Å². The third-order valence-corrected chi connectivity index (χ3v) is 7.88. The second-order valence-corrected chi connectivity index (χ2v) is 11.1. The molecule has 2 aliphatic heterocycles. The summed E-state index contributed by atoms with van der Waals surface area (Å²) in [4.78, 5) is 16.4. The van der Waals surface area contributed by atoms with Crippen molar-refractivity contribution in [2.24, 2.45) is 0 Å². The van der Waals surface area contributed by atoms with Crippen LogP contribution in [0.2, 0.25) is 5.02 Å². The molecular weight excluding hydrogens is 573 g/mol. The van der Waals surface area contributed by atoms with Crippen molar-refractivity contribution in [3.05, 3.63) is 81.2 Å². The van der Waals surface area contributed by atoms with Gasteiger partial charge in [0.15, 0.2) is 0 Å². The fraction of sp³-hybridized carbons (Fsp3) is 0.393. The summed E-state index contributed by atoms with van der Waals surface area (Å²) < 4.78 is 29.2. The maximum Gasteiger partial charge on any atom is 0.213 e. The van der Waals surface area contributed by atoms with Gasteiger partial charge in [-0.05, 0) is 65.0 Å². The van der Waals surface area contributed by atoms with Gasteiger partial charge in [0.1, 0.15) is 22.3 Å². The first kappa shape index (κ1) is 25.7. The zero-order chi connectivity index (χ0) is 26.1. The molecule has 2 aliphatic rings. The molecule has 0 N–H and O–H groups in total. The maximum absolute atomic E-state index is 14.2. The van der Waals surface area contributed by atoms with Crippen LogP contribution in [0.4, 0.5) is 4.39 Å². The molecule has 0 aliphatic carbocycles. The lowest BCUT2D eigenvalue weighted by atomic mass is 10.1. The lowest BCUT2D eigenvalue weighted by Gasteiger charge is -2.32. The van der Waals surface area contributed by atoms with Crippen LogP contribution in [0.3, 0.4) is 0 Å². The minimum absolute atomic E-state index is 0.0867. The highest BCUT2D eigenvalue weighted by molar-refractivity contribution is 9.10. The van der Waals surface area contributed by atoms with Gasteiger partial charge in [-0.2, -0.15) is 0 Å². The third kappa shape index (κ3) is 5.86. The molecule has 38 heavy (non-hydrogen) atoms. The van der Waals surface area contributed by atoms with Crippen molar-refractivity contribution in [1.82, 2.24) is 24.4 Å². The molecule has 6 rings (SSSR count). The number of nitrogens with zero attached hydrogens (tertiary/aromatic N) is 5. The van der Waals surface area contributed by atoms with E-state index in [-0.39, 0.29) is 18.0 Å². The van der Waals surface area contributed by atoms with Crippen LogP contribution in [-0.4, -0.2) is 56.3 Å². The first-order chi connectivity index (χ1) is 18.5. The van der Waals surface area contributed by atoms with Crippen LogP contribution in [0.25, 0.3) is 11.0 Å². The Morgan fingerprint density at radius 3 is 2.71 bits per heavy atom. The van der Waals surface area contributed by atoms with E-state index < -0.39 is 0 Å². The summed E-state index contributed by atoms with van der Waals surface area (Å²) in [7, 11) is 0. The molecule has 198 valence electrons. The van der Waals surface area contributed by atoms with Gasteiger partial charge in [0.2, 0.25) is 5.88 Å². The SMILES string of the molecule is Fc1cc(Cl)ccc1Cc1cccc(OC2CCN(Cc3nc4cc(Br)ncc4n3C[C@@H]3CCO3)CC2)n1. The molecule has 2 fully saturated rings. The molecule has 10 heteroatoms. The molecule has 1 atom stereocenters. The van der Waals surface area contributed by atoms with E-state index in [1.807, 2.05) is 30.5 Å². The molecule has 0 bridgehead atoms. The lowest BCUT2D eigenvalue weighted by molar-refractivity contribution is -0.0592. The molecule has 0 unspecified atom stereocenters. The predicted octanol–water partition coefficient (Wildman–Crippen LogP) is 5.80. The number of pyridine rings is 2. The normalized spacial score (nSPS) is 18.6. The van der Waals surface area contributed by atoms with Gasteiger partial charge in [-0.25, -0.2) is 19.3 Å². The second-order valence-electron chi connectivity index (χ2n) is 9.89. The van der Waals surface area contributed by atoms with Crippen molar-refractivity contribution in [2.75, 3.05) is 19.7 Å². The summed E-state index contributed by atoms with van der Waals surface area (Å²) in [6.45, 7) is 4.22. The number of ether oxygens (including phenoxy) is 2. The van der Waals surface area contributed by atoms with E-state index in [0.717, 1.165) is 79.2 Å². The van der Waals surface area contributed by atoms with Gasteiger partial charge in [0.25, 0.3) is 0 Å². The average Bonchev–Trinajstić information content (AvgIpc) is 3.20. The highest BCUT2D eigenvalue weighted by Gasteiger charge is 2.25. The van der Waals surface area contributed by atoms with Crippen molar-refractivity contribution in [3.63, 3.8) is 0 Å². The zero-order valence-corrected chi connectivity index (χ0v) is 23.2. The molecule has 0 radical (unpaired) electrons. The molecule has 5 heterocycles. The van der Waals surface area contributed by atoms with Gasteiger partial charge in [-0.1, -0.05) is 23.7 Å². The number of aromatic nitrogens is 4. The molecule has 4 aromatic rings. The smallest absolute Gasteiger partial charge is 0.213 e. The lowest BCUT2D eigenvalue weighted by Crippen LogP contribution is -2.39. The van der Waals surface area contributed by atoms with Crippen molar-refractivity contribution in [1.29, 1.82) is 0 Å². The van der Waals surface area contributed by atoms with Crippen LogP contribution in [-0.2, 0) is 24.2 Å². The van der Waals surface area contributed by atoms with Crippen LogP contribution in [0.1, 0.15) is 36.3 Å². The Hall–Kier alpha value is -2.59. The van der Waals surface area contributed by atoms with E-state index >= 15 is 0 Å². The molecule has 0 amide bonds. The van der Waals surface area contributed by atoms with E-state index in [1.54, 1.807) is 12.1 Å². The van der Waals surface area contributed by atoms with Crippen molar-refractivity contribution in [3.8, 4) is 5.88 Å². The second kappa shape index (κ2) is 11.3. The Labute approximate surface area is 234 Å². The topological polar surface area (TPSA) is 65.3 Å². The fourth-order valence-electron chi connectivity index (χ4n) is 5.04. The summed E-state index contributed by atoms with van der Waals surface area (Å²) in [5.74, 6) is 1.30. The Morgan fingerprint density at radius 2 is 1.95 bits per heavy atom. The highest BCUT2D eigenvalue weighted by Crippen LogP contribution is 2.25. The maximum atomic E-state index is 14.2. The van der Waals surface area contributed by atoms with Crippen molar-refractivity contribution < 1.29 is 13.9 Å². The Morgan fingerprint density at radius 1 is 1.11 bits per heavy atom. The van der Waals surface area contributed by atoms with Crippen molar-refractivity contribution >= 4 is 38.6 Å². The van der Waals surface area contributed by atoms with Gasteiger partial charge >= 0.3 is 0 Å². The first-order valence-electron chi connectivity index (χ1n) is 12.9. The van der Waals surface area contributed by atoms with Gasteiger partial charge in [0.05, 0.1) is 36.4 Å².